The fraction of sp³-hybridized carbons (Fsp3) is 0.353. The maximum Gasteiger partial charge on any atom is 0.407 e. The highest BCUT2D eigenvalue weighted by Gasteiger charge is 2.25. The van der Waals surface area contributed by atoms with Gasteiger partial charge in [-0.1, -0.05) is 24.3 Å². The van der Waals surface area contributed by atoms with Gasteiger partial charge in [-0.3, -0.25) is 0 Å². The molecule has 0 aliphatic carbocycles. The number of aromatic nitrogens is 2. The highest BCUT2D eigenvalue weighted by atomic mass is 35.5. The number of hydrogen-bond donors (Lipinski definition) is 3. The predicted octanol–water partition coefficient (Wildman–Crippen LogP) is 2.98. The number of nitrogens with zero attached hydrogens (tertiary/aromatic N) is 3. The van der Waals surface area contributed by atoms with E-state index in [-0.39, 0.29) is 36.0 Å². The summed E-state index contributed by atoms with van der Waals surface area (Å²) in [7, 11) is 0. The molecule has 1 aliphatic rings. The Kier molecular flexibility index (Phi) is 5.53. The molecular formula is C17H18ClFN4O3. The standard InChI is InChI=1S/C17H18ClFN4O3/c18-16-21-14(11-5-3-10(9-24)4-6-11)13(19)15(22-16)20-12-2-1-7-23(8-12)17(25)26/h3-6,12,24H,1-2,7-9H2,(H,25,26)(H,20,21,22). The van der Waals surface area contributed by atoms with Crippen LogP contribution in [-0.4, -0.2) is 50.3 Å². The van der Waals surface area contributed by atoms with Crippen molar-refractivity contribution in [2.24, 2.45) is 0 Å². The average Bonchev–Trinajstić information content (AvgIpc) is 2.64. The number of anilines is 1. The van der Waals surface area contributed by atoms with E-state index in [4.69, 9.17) is 21.8 Å². The molecule has 26 heavy (non-hydrogen) atoms. The highest BCUT2D eigenvalue weighted by molar-refractivity contribution is 6.28. The van der Waals surface area contributed by atoms with E-state index in [9.17, 15) is 9.18 Å². The number of aliphatic hydroxyl groups excluding tert-OH is 1. The van der Waals surface area contributed by atoms with Crippen LogP contribution in [0.3, 0.4) is 0 Å². The molecule has 2 heterocycles. The molecule has 1 aromatic carbocycles. The van der Waals surface area contributed by atoms with Crippen LogP contribution in [0.2, 0.25) is 5.28 Å². The normalized spacial score (nSPS) is 17.2. The Bertz CT molecular complexity index is 803. The largest absolute Gasteiger partial charge is 0.465 e. The number of hydrogen-bond acceptors (Lipinski definition) is 5. The van der Waals surface area contributed by atoms with Crippen molar-refractivity contribution in [2.75, 3.05) is 18.4 Å². The topological polar surface area (TPSA) is 98.6 Å². The Hall–Kier alpha value is -2.45. The van der Waals surface area contributed by atoms with Gasteiger partial charge in [0.2, 0.25) is 5.28 Å². The summed E-state index contributed by atoms with van der Waals surface area (Å²) < 4.78 is 14.9. The first-order chi connectivity index (χ1) is 12.5. The van der Waals surface area contributed by atoms with Gasteiger partial charge in [0.05, 0.1) is 6.61 Å². The molecule has 1 fully saturated rings. The third-order valence-electron chi connectivity index (χ3n) is 4.27. The zero-order valence-electron chi connectivity index (χ0n) is 13.8. The zero-order valence-corrected chi connectivity index (χ0v) is 14.6. The third-order valence-corrected chi connectivity index (χ3v) is 4.44. The molecule has 1 atom stereocenters. The first kappa shape index (κ1) is 18.3. The van der Waals surface area contributed by atoms with Crippen LogP contribution in [0.1, 0.15) is 18.4 Å². The molecular weight excluding hydrogens is 363 g/mol. The number of aliphatic hydroxyl groups is 1. The minimum atomic E-state index is -0.998. The van der Waals surface area contributed by atoms with Crippen molar-refractivity contribution in [2.45, 2.75) is 25.5 Å². The minimum absolute atomic E-state index is 0.0443. The summed E-state index contributed by atoms with van der Waals surface area (Å²) in [5.74, 6) is -0.706. The lowest BCUT2D eigenvalue weighted by atomic mass is 10.1. The van der Waals surface area contributed by atoms with Gasteiger partial charge in [0.15, 0.2) is 11.6 Å². The highest BCUT2D eigenvalue weighted by Crippen LogP contribution is 2.28. The molecule has 1 unspecified atom stereocenters. The summed E-state index contributed by atoms with van der Waals surface area (Å²) in [5, 5.41) is 21.1. The van der Waals surface area contributed by atoms with E-state index in [1.807, 2.05) is 0 Å². The molecule has 3 rings (SSSR count). The van der Waals surface area contributed by atoms with Crippen LogP contribution in [0.25, 0.3) is 11.3 Å². The molecule has 1 aromatic heterocycles. The molecule has 1 amide bonds. The molecule has 138 valence electrons. The number of rotatable bonds is 4. The number of benzene rings is 1. The number of carboxylic acid groups (broad SMARTS) is 1. The Balaban J connectivity index is 1.86. The second-order valence-corrected chi connectivity index (χ2v) is 6.41. The van der Waals surface area contributed by atoms with Crippen LogP contribution in [0, 0.1) is 5.82 Å². The van der Waals surface area contributed by atoms with Gasteiger partial charge in [-0.15, -0.1) is 0 Å². The van der Waals surface area contributed by atoms with Crippen LogP contribution in [0.15, 0.2) is 24.3 Å². The van der Waals surface area contributed by atoms with Crippen molar-refractivity contribution in [3.8, 4) is 11.3 Å². The molecule has 7 nitrogen and oxygen atoms in total. The summed E-state index contributed by atoms with van der Waals surface area (Å²) in [6, 6.07) is 6.37. The second kappa shape index (κ2) is 7.84. The van der Waals surface area contributed by atoms with Gasteiger partial charge in [0.1, 0.15) is 5.69 Å². The molecule has 1 aliphatic heterocycles. The fourth-order valence-corrected chi connectivity index (χ4v) is 3.11. The van der Waals surface area contributed by atoms with Crippen LogP contribution in [0.4, 0.5) is 15.0 Å². The van der Waals surface area contributed by atoms with Crippen molar-refractivity contribution in [3.05, 3.63) is 40.9 Å². The minimum Gasteiger partial charge on any atom is -0.465 e. The Labute approximate surface area is 154 Å². The van der Waals surface area contributed by atoms with Gasteiger partial charge >= 0.3 is 6.09 Å². The molecule has 0 bridgehead atoms. The lowest BCUT2D eigenvalue weighted by Crippen LogP contribution is -2.44. The van der Waals surface area contributed by atoms with Crippen molar-refractivity contribution in [1.29, 1.82) is 0 Å². The quantitative estimate of drug-likeness (QED) is 0.705. The van der Waals surface area contributed by atoms with Gasteiger partial charge in [-0.05, 0) is 30.0 Å². The van der Waals surface area contributed by atoms with E-state index < -0.39 is 11.9 Å². The predicted molar refractivity (Wildman–Crippen MR) is 94.6 cm³/mol. The molecule has 1 saturated heterocycles. The van der Waals surface area contributed by atoms with E-state index in [1.165, 1.54) is 4.90 Å². The number of amides is 1. The summed E-state index contributed by atoms with van der Waals surface area (Å²) in [4.78, 5) is 20.3. The van der Waals surface area contributed by atoms with E-state index >= 15 is 0 Å². The van der Waals surface area contributed by atoms with Gasteiger partial charge in [-0.2, -0.15) is 4.98 Å². The van der Waals surface area contributed by atoms with Crippen molar-refractivity contribution < 1.29 is 19.4 Å². The molecule has 0 radical (unpaired) electrons. The number of carbonyl (C=O) groups is 1. The number of nitrogens with one attached hydrogen (secondary N) is 1. The fourth-order valence-electron chi connectivity index (χ4n) is 2.94. The lowest BCUT2D eigenvalue weighted by molar-refractivity contribution is 0.132. The van der Waals surface area contributed by atoms with E-state index in [0.29, 0.717) is 30.5 Å². The van der Waals surface area contributed by atoms with Crippen molar-refractivity contribution in [1.82, 2.24) is 14.9 Å². The van der Waals surface area contributed by atoms with Gasteiger partial charge in [-0.25, -0.2) is 14.2 Å². The van der Waals surface area contributed by atoms with Gasteiger partial charge in [0, 0.05) is 24.7 Å². The first-order valence-corrected chi connectivity index (χ1v) is 8.53. The zero-order chi connectivity index (χ0) is 18.7. The van der Waals surface area contributed by atoms with Crippen LogP contribution >= 0.6 is 11.6 Å². The Morgan fingerprint density at radius 2 is 2.08 bits per heavy atom. The third kappa shape index (κ3) is 4.03. The maximum absolute atomic E-state index is 14.9. The van der Waals surface area contributed by atoms with E-state index in [2.05, 4.69) is 15.3 Å². The number of likely N-dealkylation sites (tertiary alicyclic amines) is 1. The Morgan fingerprint density at radius 1 is 1.35 bits per heavy atom. The monoisotopic (exact) mass is 380 g/mol. The summed E-state index contributed by atoms with van der Waals surface area (Å²) >= 11 is 5.95. The summed E-state index contributed by atoms with van der Waals surface area (Å²) in [6.45, 7) is 0.599. The lowest BCUT2D eigenvalue weighted by Gasteiger charge is -2.31. The van der Waals surface area contributed by atoms with E-state index in [0.717, 1.165) is 0 Å². The molecule has 9 heteroatoms. The van der Waals surface area contributed by atoms with Crippen LogP contribution in [0.5, 0.6) is 0 Å². The number of piperidine rings is 1. The maximum atomic E-state index is 14.9. The number of halogens is 2. The Morgan fingerprint density at radius 3 is 2.73 bits per heavy atom. The summed E-state index contributed by atoms with van der Waals surface area (Å²) in [6.07, 6.45) is 0.382. The van der Waals surface area contributed by atoms with Gasteiger partial charge < -0.3 is 20.4 Å². The molecule has 2 aromatic rings. The van der Waals surface area contributed by atoms with Crippen LogP contribution < -0.4 is 5.32 Å². The van der Waals surface area contributed by atoms with E-state index in [1.54, 1.807) is 24.3 Å². The molecule has 0 saturated carbocycles. The second-order valence-electron chi connectivity index (χ2n) is 6.07. The van der Waals surface area contributed by atoms with Gasteiger partial charge in [0.25, 0.3) is 0 Å². The van der Waals surface area contributed by atoms with Crippen molar-refractivity contribution >= 4 is 23.5 Å². The molecule has 3 N–H and O–H groups in total. The SMILES string of the molecule is O=C(O)N1CCCC(Nc2nc(Cl)nc(-c3ccc(CO)cc3)c2F)C1. The van der Waals surface area contributed by atoms with Crippen LogP contribution in [-0.2, 0) is 6.61 Å². The van der Waals surface area contributed by atoms with Crippen molar-refractivity contribution in [3.63, 3.8) is 0 Å². The average molecular weight is 381 g/mol. The summed E-state index contributed by atoms with van der Waals surface area (Å²) in [5.41, 5.74) is 1.24. The first-order valence-electron chi connectivity index (χ1n) is 8.15. The smallest absolute Gasteiger partial charge is 0.407 e. The molecule has 0 spiro atoms.